The van der Waals surface area contributed by atoms with Crippen molar-refractivity contribution >= 4 is 44.3 Å². The number of hydrogen-bond donors (Lipinski definition) is 2. The van der Waals surface area contributed by atoms with Crippen molar-refractivity contribution in [3.8, 4) is 0 Å². The van der Waals surface area contributed by atoms with E-state index in [9.17, 15) is 13.2 Å². The maximum Gasteiger partial charge on any atom is 0.340 e. The van der Waals surface area contributed by atoms with E-state index in [0.29, 0.717) is 11.0 Å². The Kier molecular flexibility index (Phi) is 3.82. The van der Waals surface area contributed by atoms with Crippen molar-refractivity contribution in [2.24, 2.45) is 0 Å². The maximum atomic E-state index is 12.3. The molecule has 2 aromatic heterocycles. The van der Waals surface area contributed by atoms with E-state index in [2.05, 4.69) is 14.7 Å². The van der Waals surface area contributed by atoms with Crippen LogP contribution in [0.15, 0.2) is 34.5 Å². The summed E-state index contributed by atoms with van der Waals surface area (Å²) >= 11 is 1.17. The van der Waals surface area contributed by atoms with Gasteiger partial charge in [0.05, 0.1) is 18.2 Å². The zero-order valence-corrected chi connectivity index (χ0v) is 13.9. The Morgan fingerprint density at radius 1 is 1.30 bits per heavy atom. The third-order valence-electron chi connectivity index (χ3n) is 3.13. The van der Waals surface area contributed by atoms with E-state index >= 15 is 0 Å². The van der Waals surface area contributed by atoms with Gasteiger partial charge in [0.2, 0.25) is 5.95 Å². The number of ether oxygens (including phenoxy) is 1. The number of rotatable bonds is 4. The summed E-state index contributed by atoms with van der Waals surface area (Å²) in [7, 11) is -2.45. The molecule has 3 rings (SSSR count). The fourth-order valence-electron chi connectivity index (χ4n) is 2.09. The molecule has 0 aliphatic heterocycles. The highest BCUT2D eigenvalue weighted by molar-refractivity contribution is 7.94. The van der Waals surface area contributed by atoms with Gasteiger partial charge in [-0.05, 0) is 31.2 Å². The number of carbonyl (C=O) groups is 1. The molecule has 0 spiro atoms. The zero-order chi connectivity index (χ0) is 16.6. The van der Waals surface area contributed by atoms with Crippen LogP contribution in [-0.4, -0.2) is 31.5 Å². The van der Waals surface area contributed by atoms with E-state index in [-0.39, 0.29) is 15.7 Å². The number of anilines is 1. The molecule has 9 heteroatoms. The number of esters is 1. The van der Waals surface area contributed by atoms with Gasteiger partial charge in [0.25, 0.3) is 10.0 Å². The molecule has 1 aromatic carbocycles. The number of thiophene rings is 1. The Labute approximate surface area is 136 Å². The highest BCUT2D eigenvalue weighted by atomic mass is 32.2. The van der Waals surface area contributed by atoms with Gasteiger partial charge in [0.15, 0.2) is 0 Å². The first-order valence-corrected chi connectivity index (χ1v) is 8.87. The second-order valence-corrected chi connectivity index (χ2v) is 7.95. The fourth-order valence-corrected chi connectivity index (χ4v) is 4.34. The Hall–Kier alpha value is -2.39. The summed E-state index contributed by atoms with van der Waals surface area (Å²) in [6, 6.07) is 8.18. The third-order valence-corrected chi connectivity index (χ3v) is 5.96. The van der Waals surface area contributed by atoms with Gasteiger partial charge in [-0.15, -0.1) is 11.3 Å². The maximum absolute atomic E-state index is 12.3. The number of hydrogen-bond acceptors (Lipinski definition) is 6. The second kappa shape index (κ2) is 5.67. The number of aromatic nitrogens is 2. The zero-order valence-electron chi connectivity index (χ0n) is 12.3. The van der Waals surface area contributed by atoms with Crippen LogP contribution >= 0.6 is 11.3 Å². The monoisotopic (exact) mass is 351 g/mol. The Bertz CT molecular complexity index is 989. The van der Waals surface area contributed by atoms with E-state index in [4.69, 9.17) is 4.74 Å². The lowest BCUT2D eigenvalue weighted by Crippen LogP contribution is -2.12. The first kappa shape index (κ1) is 15.5. The minimum atomic E-state index is -3.72. The summed E-state index contributed by atoms with van der Waals surface area (Å²) in [5, 5.41) is 0. The lowest BCUT2D eigenvalue weighted by atomic mass is 10.2. The summed E-state index contributed by atoms with van der Waals surface area (Å²) in [6.45, 7) is 1.83. The number of aromatic amines is 1. The quantitative estimate of drug-likeness (QED) is 0.703. The topological polar surface area (TPSA) is 101 Å². The van der Waals surface area contributed by atoms with Gasteiger partial charge in [-0.25, -0.2) is 22.9 Å². The van der Waals surface area contributed by atoms with Crippen molar-refractivity contribution < 1.29 is 17.9 Å². The van der Waals surface area contributed by atoms with Crippen molar-refractivity contribution in [1.82, 2.24) is 9.97 Å². The number of nitrogens with zero attached hydrogens (tertiary/aromatic N) is 1. The molecule has 2 heterocycles. The summed E-state index contributed by atoms with van der Waals surface area (Å²) < 4.78 is 31.9. The van der Waals surface area contributed by atoms with Crippen LogP contribution in [0.5, 0.6) is 0 Å². The van der Waals surface area contributed by atoms with Crippen LogP contribution in [0.1, 0.15) is 15.2 Å². The molecule has 0 amide bonds. The SMILES string of the molecule is COC(=O)c1cccc2[nH]c(NS(=O)(=O)c3ccc(C)s3)nc12. The van der Waals surface area contributed by atoms with Crippen molar-refractivity contribution in [2.45, 2.75) is 11.1 Å². The molecular formula is C14H13N3O4S2. The number of para-hydroxylation sites is 1. The molecule has 0 atom stereocenters. The molecule has 0 fully saturated rings. The molecule has 0 bridgehead atoms. The summed E-state index contributed by atoms with van der Waals surface area (Å²) in [4.78, 5) is 19.6. The predicted molar refractivity (Wildman–Crippen MR) is 87.3 cm³/mol. The number of fused-ring (bicyclic) bond motifs is 1. The predicted octanol–water partition coefficient (Wildman–Crippen LogP) is 2.52. The van der Waals surface area contributed by atoms with Gasteiger partial charge in [0.1, 0.15) is 9.73 Å². The smallest absolute Gasteiger partial charge is 0.340 e. The molecule has 0 radical (unpaired) electrons. The highest BCUT2D eigenvalue weighted by Crippen LogP contribution is 2.24. The molecule has 23 heavy (non-hydrogen) atoms. The summed E-state index contributed by atoms with van der Waals surface area (Å²) in [6.07, 6.45) is 0. The lowest BCUT2D eigenvalue weighted by molar-refractivity contribution is 0.0603. The van der Waals surface area contributed by atoms with Crippen molar-refractivity contribution in [1.29, 1.82) is 0 Å². The lowest BCUT2D eigenvalue weighted by Gasteiger charge is -2.01. The molecule has 3 aromatic rings. The second-order valence-electron chi connectivity index (χ2n) is 4.75. The van der Waals surface area contributed by atoms with Gasteiger partial charge < -0.3 is 9.72 Å². The number of methoxy groups -OCH3 is 1. The first-order chi connectivity index (χ1) is 10.9. The van der Waals surface area contributed by atoms with E-state index < -0.39 is 16.0 Å². The number of carbonyl (C=O) groups excluding carboxylic acids is 1. The van der Waals surface area contributed by atoms with Crippen LogP contribution in [0.25, 0.3) is 11.0 Å². The molecular weight excluding hydrogens is 338 g/mol. The number of sulfonamides is 1. The van der Waals surface area contributed by atoms with Crippen molar-refractivity contribution in [3.05, 3.63) is 40.8 Å². The van der Waals surface area contributed by atoms with Crippen LogP contribution in [-0.2, 0) is 14.8 Å². The van der Waals surface area contributed by atoms with Crippen LogP contribution in [0.3, 0.4) is 0 Å². The summed E-state index contributed by atoms with van der Waals surface area (Å²) in [5.74, 6) is -0.493. The van der Waals surface area contributed by atoms with Gasteiger partial charge >= 0.3 is 5.97 Å². The standard InChI is InChI=1S/C14H13N3O4S2/c1-8-6-7-11(22-8)23(19,20)17-14-15-10-5-3-4-9(12(10)16-14)13(18)21-2/h3-7H,1-2H3,(H2,15,16,17). The Balaban J connectivity index is 2.00. The molecule has 0 unspecified atom stereocenters. The van der Waals surface area contributed by atoms with Crippen LogP contribution in [0.4, 0.5) is 5.95 Å². The van der Waals surface area contributed by atoms with Crippen molar-refractivity contribution in [2.75, 3.05) is 11.8 Å². The molecule has 0 saturated heterocycles. The number of aryl methyl sites for hydroxylation is 1. The highest BCUT2D eigenvalue weighted by Gasteiger charge is 2.20. The summed E-state index contributed by atoms with van der Waals surface area (Å²) in [5.41, 5.74) is 1.14. The van der Waals surface area contributed by atoms with Gasteiger partial charge in [-0.3, -0.25) is 0 Å². The number of imidazole rings is 1. The number of H-pyrrole nitrogens is 1. The molecule has 0 aliphatic rings. The van der Waals surface area contributed by atoms with E-state index in [1.165, 1.54) is 24.5 Å². The molecule has 120 valence electrons. The number of nitrogens with one attached hydrogen (secondary N) is 2. The average Bonchev–Trinajstić information content (AvgIpc) is 3.11. The fraction of sp³-hybridized carbons (Fsp3) is 0.143. The Morgan fingerprint density at radius 3 is 2.74 bits per heavy atom. The molecule has 0 aliphatic carbocycles. The van der Waals surface area contributed by atoms with E-state index in [1.807, 2.05) is 6.92 Å². The largest absolute Gasteiger partial charge is 0.465 e. The van der Waals surface area contributed by atoms with Gasteiger partial charge in [0, 0.05) is 4.88 Å². The Morgan fingerprint density at radius 2 is 2.09 bits per heavy atom. The average molecular weight is 351 g/mol. The normalized spacial score (nSPS) is 11.6. The number of benzene rings is 1. The van der Waals surface area contributed by atoms with Crippen LogP contribution in [0, 0.1) is 6.92 Å². The molecule has 2 N–H and O–H groups in total. The van der Waals surface area contributed by atoms with Crippen LogP contribution < -0.4 is 4.72 Å². The minimum Gasteiger partial charge on any atom is -0.465 e. The van der Waals surface area contributed by atoms with Gasteiger partial charge in [-0.2, -0.15) is 0 Å². The van der Waals surface area contributed by atoms with Crippen molar-refractivity contribution in [3.63, 3.8) is 0 Å². The van der Waals surface area contributed by atoms with Crippen LogP contribution in [0.2, 0.25) is 0 Å². The van der Waals surface area contributed by atoms with E-state index in [0.717, 1.165) is 4.88 Å². The van der Waals surface area contributed by atoms with Gasteiger partial charge in [-0.1, -0.05) is 6.07 Å². The minimum absolute atomic E-state index is 0.0439. The van der Waals surface area contributed by atoms with E-state index in [1.54, 1.807) is 24.3 Å². The first-order valence-electron chi connectivity index (χ1n) is 6.57. The molecule has 7 nitrogen and oxygen atoms in total. The molecule has 0 saturated carbocycles. The third kappa shape index (κ3) is 2.92.